The second kappa shape index (κ2) is 5.85. The van der Waals surface area contributed by atoms with Crippen LogP contribution in [0, 0.1) is 0 Å². The molecule has 22 heavy (non-hydrogen) atoms. The Morgan fingerprint density at radius 2 is 1.91 bits per heavy atom. The summed E-state index contributed by atoms with van der Waals surface area (Å²) in [6.45, 7) is 2.69. The molecular weight excluding hydrogens is 316 g/mol. The summed E-state index contributed by atoms with van der Waals surface area (Å²) in [5, 5.41) is 0. The lowest BCUT2D eigenvalue weighted by molar-refractivity contribution is -0.122. The van der Waals surface area contributed by atoms with Crippen LogP contribution in [0.15, 0.2) is 29.2 Å². The van der Waals surface area contributed by atoms with Gasteiger partial charge in [-0.25, -0.2) is 0 Å². The van der Waals surface area contributed by atoms with E-state index in [1.165, 1.54) is 11.8 Å². The number of anilines is 1. The van der Waals surface area contributed by atoms with Gasteiger partial charge in [0.05, 0.1) is 16.2 Å². The predicted molar refractivity (Wildman–Crippen MR) is 93.6 cm³/mol. The van der Waals surface area contributed by atoms with Crippen molar-refractivity contribution in [1.29, 1.82) is 0 Å². The number of carbonyl (C=O) groups excluding carboxylic acids is 2. The number of fused-ring (bicyclic) bond motifs is 1. The number of para-hydroxylation sites is 1. The highest BCUT2D eigenvalue weighted by atomic mass is 32.2. The minimum Gasteiger partial charge on any atom is -0.311 e. The zero-order valence-corrected chi connectivity index (χ0v) is 14.1. The van der Waals surface area contributed by atoms with Crippen molar-refractivity contribution in [1.82, 2.24) is 4.90 Å². The molecule has 114 valence electrons. The van der Waals surface area contributed by atoms with Gasteiger partial charge >= 0.3 is 0 Å². The zero-order valence-electron chi connectivity index (χ0n) is 12.5. The summed E-state index contributed by atoms with van der Waals surface area (Å²) in [4.78, 5) is 28.9. The highest BCUT2D eigenvalue weighted by Crippen LogP contribution is 2.43. The summed E-state index contributed by atoms with van der Waals surface area (Å²) in [6.07, 6.45) is 1.90. The molecule has 0 N–H and O–H groups in total. The number of thiocarbonyl (C=S) groups is 1. The van der Waals surface area contributed by atoms with E-state index in [-0.39, 0.29) is 11.8 Å². The van der Waals surface area contributed by atoms with Gasteiger partial charge in [0.1, 0.15) is 4.32 Å². The summed E-state index contributed by atoms with van der Waals surface area (Å²) in [7, 11) is 1.73. The monoisotopic (exact) mass is 332 g/mol. The van der Waals surface area contributed by atoms with Crippen molar-refractivity contribution in [3.05, 3.63) is 34.7 Å². The van der Waals surface area contributed by atoms with E-state index < -0.39 is 0 Å². The Hall–Kier alpha value is -1.66. The number of rotatable bonds is 3. The second-order valence-electron chi connectivity index (χ2n) is 5.26. The number of hydrogen-bond acceptors (Lipinski definition) is 4. The number of benzene rings is 1. The van der Waals surface area contributed by atoms with Crippen LogP contribution >= 0.6 is 24.0 Å². The lowest BCUT2D eigenvalue weighted by atomic mass is 10.1. The Morgan fingerprint density at radius 1 is 1.18 bits per heavy atom. The van der Waals surface area contributed by atoms with Crippen molar-refractivity contribution in [2.24, 2.45) is 0 Å². The molecule has 0 bridgehead atoms. The molecule has 0 aliphatic carbocycles. The summed E-state index contributed by atoms with van der Waals surface area (Å²) in [5.41, 5.74) is 2.13. The van der Waals surface area contributed by atoms with E-state index in [2.05, 4.69) is 6.92 Å². The van der Waals surface area contributed by atoms with Crippen molar-refractivity contribution in [3.8, 4) is 0 Å². The number of hydrogen-bond donors (Lipinski definition) is 0. The van der Waals surface area contributed by atoms with Gasteiger partial charge in [0.25, 0.3) is 11.8 Å². The van der Waals surface area contributed by atoms with E-state index in [4.69, 9.17) is 12.2 Å². The van der Waals surface area contributed by atoms with Crippen LogP contribution < -0.4 is 4.90 Å². The fourth-order valence-electron chi connectivity index (χ4n) is 2.65. The van der Waals surface area contributed by atoms with Gasteiger partial charge in [-0.3, -0.25) is 14.5 Å². The first-order chi connectivity index (χ1) is 10.6. The molecule has 2 heterocycles. The summed E-state index contributed by atoms with van der Waals surface area (Å²) >= 11 is 6.56. The van der Waals surface area contributed by atoms with E-state index in [1.54, 1.807) is 16.8 Å². The predicted octanol–water partition coefficient (Wildman–Crippen LogP) is 3.03. The molecule has 2 aliphatic heterocycles. The number of likely N-dealkylation sites (N-methyl/N-ethyl adjacent to an activating group) is 1. The van der Waals surface area contributed by atoms with Gasteiger partial charge in [0.2, 0.25) is 0 Å². The first kappa shape index (κ1) is 15.2. The third-order valence-corrected chi connectivity index (χ3v) is 5.31. The first-order valence-corrected chi connectivity index (χ1v) is 8.44. The molecule has 1 fully saturated rings. The zero-order chi connectivity index (χ0) is 15.9. The first-order valence-electron chi connectivity index (χ1n) is 7.21. The van der Waals surface area contributed by atoms with E-state index in [0.717, 1.165) is 24.1 Å². The minimum absolute atomic E-state index is 0.141. The molecule has 2 aliphatic rings. The second-order valence-corrected chi connectivity index (χ2v) is 6.91. The van der Waals surface area contributed by atoms with Crippen LogP contribution in [-0.2, 0) is 9.59 Å². The largest absolute Gasteiger partial charge is 0.311 e. The van der Waals surface area contributed by atoms with E-state index in [1.807, 2.05) is 24.3 Å². The third kappa shape index (κ3) is 2.27. The van der Waals surface area contributed by atoms with Crippen molar-refractivity contribution in [2.75, 3.05) is 18.5 Å². The fourth-order valence-corrected chi connectivity index (χ4v) is 4.03. The summed E-state index contributed by atoms with van der Waals surface area (Å²) in [6, 6.07) is 7.53. The van der Waals surface area contributed by atoms with Crippen LogP contribution in [-0.4, -0.2) is 34.6 Å². The van der Waals surface area contributed by atoms with Gasteiger partial charge in [-0.2, -0.15) is 0 Å². The average Bonchev–Trinajstić information content (AvgIpc) is 2.93. The molecule has 0 spiro atoms. The number of thioether (sulfide) groups is 1. The molecule has 1 saturated heterocycles. The average molecular weight is 332 g/mol. The smallest absolute Gasteiger partial charge is 0.267 e. The SMILES string of the molecule is CCCCN1C(=O)C(=C2C(=O)N(C)c3ccccc32)SC1=S. The molecule has 3 rings (SSSR count). The Kier molecular flexibility index (Phi) is 4.06. The maximum absolute atomic E-state index is 12.7. The standard InChI is InChI=1S/C16H16N2O2S2/c1-3-4-9-18-15(20)13(22-16(18)21)12-10-7-5-6-8-11(10)17(2)14(12)19/h5-8H,3-4,9H2,1-2H3. The quantitative estimate of drug-likeness (QED) is 0.630. The fraction of sp³-hybridized carbons (Fsp3) is 0.312. The minimum atomic E-state index is -0.142. The number of nitrogens with zero attached hydrogens (tertiary/aromatic N) is 2. The molecule has 1 aromatic rings. The lowest BCUT2D eigenvalue weighted by Gasteiger charge is -2.13. The van der Waals surface area contributed by atoms with E-state index in [0.29, 0.717) is 21.3 Å². The van der Waals surface area contributed by atoms with Crippen LogP contribution in [0.4, 0.5) is 5.69 Å². The Bertz CT molecular complexity index is 712. The Balaban J connectivity index is 2.06. The maximum atomic E-state index is 12.7. The Labute approximate surface area is 139 Å². The highest BCUT2D eigenvalue weighted by molar-refractivity contribution is 8.26. The summed E-state index contributed by atoms with van der Waals surface area (Å²) in [5.74, 6) is -0.283. The van der Waals surface area contributed by atoms with Crippen LogP contribution in [0.2, 0.25) is 0 Å². The van der Waals surface area contributed by atoms with E-state index >= 15 is 0 Å². The summed E-state index contributed by atoms with van der Waals surface area (Å²) < 4.78 is 0.542. The van der Waals surface area contributed by atoms with Gasteiger partial charge < -0.3 is 4.90 Å². The van der Waals surface area contributed by atoms with Gasteiger partial charge in [0, 0.05) is 19.2 Å². The van der Waals surface area contributed by atoms with Gasteiger partial charge in [-0.15, -0.1) is 0 Å². The van der Waals surface area contributed by atoms with Crippen LogP contribution in [0.25, 0.3) is 5.57 Å². The van der Waals surface area contributed by atoms with Crippen molar-refractivity contribution in [2.45, 2.75) is 19.8 Å². The van der Waals surface area contributed by atoms with Gasteiger partial charge in [-0.1, -0.05) is 55.5 Å². The van der Waals surface area contributed by atoms with Gasteiger partial charge in [0.15, 0.2) is 0 Å². The molecule has 0 unspecified atom stereocenters. The van der Waals surface area contributed by atoms with Gasteiger partial charge in [-0.05, 0) is 12.5 Å². The molecule has 6 heteroatoms. The molecule has 0 atom stereocenters. The molecule has 0 radical (unpaired) electrons. The highest BCUT2D eigenvalue weighted by Gasteiger charge is 2.40. The third-order valence-electron chi connectivity index (χ3n) is 3.86. The molecular formula is C16H16N2O2S2. The van der Waals surface area contributed by atoms with Crippen LogP contribution in [0.1, 0.15) is 25.3 Å². The molecule has 0 aromatic heterocycles. The van der Waals surface area contributed by atoms with Crippen LogP contribution in [0.3, 0.4) is 0 Å². The number of amides is 2. The molecule has 1 aromatic carbocycles. The molecule has 0 saturated carbocycles. The van der Waals surface area contributed by atoms with Crippen molar-refractivity contribution >= 4 is 51.4 Å². The molecule has 2 amide bonds. The molecule has 4 nitrogen and oxygen atoms in total. The normalized spacial score (nSPS) is 21.1. The number of carbonyl (C=O) groups is 2. The number of unbranched alkanes of at least 4 members (excludes halogenated alkanes) is 1. The lowest BCUT2D eigenvalue weighted by Crippen LogP contribution is -2.29. The Morgan fingerprint density at radius 3 is 2.64 bits per heavy atom. The topological polar surface area (TPSA) is 40.6 Å². The van der Waals surface area contributed by atoms with Crippen LogP contribution in [0.5, 0.6) is 0 Å². The maximum Gasteiger partial charge on any atom is 0.267 e. The van der Waals surface area contributed by atoms with Crippen molar-refractivity contribution < 1.29 is 9.59 Å². The van der Waals surface area contributed by atoms with Crippen molar-refractivity contribution in [3.63, 3.8) is 0 Å². The van der Waals surface area contributed by atoms with E-state index in [9.17, 15) is 9.59 Å².